The molecule has 0 spiro atoms. The van der Waals surface area contributed by atoms with Crippen LogP contribution in [0.25, 0.3) is 0 Å². The van der Waals surface area contributed by atoms with Gasteiger partial charge in [-0.2, -0.15) is 0 Å². The fraction of sp³-hybridized carbons (Fsp3) is 0.529. The van der Waals surface area contributed by atoms with Gasteiger partial charge < -0.3 is 15.0 Å². The maximum Gasteiger partial charge on any atom is 0.253 e. The van der Waals surface area contributed by atoms with Gasteiger partial charge >= 0.3 is 0 Å². The highest BCUT2D eigenvalue weighted by atomic mass is 35.5. The number of piperidine rings is 1. The normalized spacial score (nSPS) is 22.3. The van der Waals surface area contributed by atoms with Crippen molar-refractivity contribution in [1.82, 2.24) is 10.2 Å². The number of likely N-dealkylation sites (tertiary alicyclic amines) is 1. The lowest BCUT2D eigenvalue weighted by Crippen LogP contribution is -2.51. The molecule has 0 aromatic heterocycles. The van der Waals surface area contributed by atoms with Crippen LogP contribution in [0.4, 0.5) is 0 Å². The summed E-state index contributed by atoms with van der Waals surface area (Å²) in [5, 5.41) is 3.18. The van der Waals surface area contributed by atoms with E-state index in [-0.39, 0.29) is 36.1 Å². The van der Waals surface area contributed by atoms with E-state index in [0.717, 1.165) is 24.9 Å². The number of hydrogen-bond donors (Lipinski definition) is 1. The minimum atomic E-state index is -0.366. The van der Waals surface area contributed by atoms with Crippen molar-refractivity contribution in [2.45, 2.75) is 18.9 Å². The molecule has 0 radical (unpaired) electrons. The first kappa shape index (κ1) is 17.9. The van der Waals surface area contributed by atoms with E-state index < -0.39 is 0 Å². The molecule has 0 bridgehead atoms. The monoisotopic (exact) mass is 338 g/mol. The van der Waals surface area contributed by atoms with Crippen LogP contribution < -0.4 is 5.32 Å². The minimum Gasteiger partial charge on any atom is -0.366 e. The number of morpholine rings is 1. The number of amides is 1. The van der Waals surface area contributed by atoms with Crippen molar-refractivity contribution < 1.29 is 14.3 Å². The molecule has 0 aliphatic carbocycles. The molecule has 2 saturated heterocycles. The van der Waals surface area contributed by atoms with E-state index in [1.165, 1.54) is 0 Å². The predicted octanol–water partition coefficient (Wildman–Crippen LogP) is 1.52. The molecule has 2 heterocycles. The maximum atomic E-state index is 12.4. The molecule has 1 aromatic rings. The number of carbonyl (C=O) groups is 2. The lowest BCUT2D eigenvalue weighted by atomic mass is 9.89. The van der Waals surface area contributed by atoms with Crippen molar-refractivity contribution in [2.24, 2.45) is 5.92 Å². The molecule has 1 N–H and O–H groups in total. The predicted molar refractivity (Wildman–Crippen MR) is 89.9 cm³/mol. The molecule has 5 nitrogen and oxygen atoms in total. The molecule has 6 heteroatoms. The molecule has 2 fully saturated rings. The van der Waals surface area contributed by atoms with Crippen LogP contribution in [-0.2, 0) is 9.53 Å². The van der Waals surface area contributed by atoms with Gasteiger partial charge in [0.1, 0.15) is 6.10 Å². The lowest BCUT2D eigenvalue weighted by molar-refractivity contribution is -0.146. The number of ether oxygens (including phenoxy) is 1. The first-order valence-electron chi connectivity index (χ1n) is 7.96. The summed E-state index contributed by atoms with van der Waals surface area (Å²) in [4.78, 5) is 26.7. The highest BCUT2D eigenvalue weighted by Gasteiger charge is 2.32. The van der Waals surface area contributed by atoms with E-state index in [1.807, 2.05) is 35.2 Å². The third-order valence-electron chi connectivity index (χ3n) is 4.44. The summed E-state index contributed by atoms with van der Waals surface area (Å²) in [5.74, 6) is 0.276. The van der Waals surface area contributed by atoms with Crippen molar-refractivity contribution in [3.05, 3.63) is 35.9 Å². The van der Waals surface area contributed by atoms with Crippen LogP contribution in [-0.4, -0.2) is 55.5 Å². The third kappa shape index (κ3) is 4.31. The SMILES string of the molecule is Cl.O=C(c1ccccc1)C1CCN(C(=O)C2CNCCO2)CC1. The van der Waals surface area contributed by atoms with Crippen LogP contribution in [0.5, 0.6) is 0 Å². The summed E-state index contributed by atoms with van der Waals surface area (Å²) in [5.41, 5.74) is 0.770. The van der Waals surface area contributed by atoms with Crippen molar-refractivity contribution in [2.75, 3.05) is 32.8 Å². The topological polar surface area (TPSA) is 58.6 Å². The zero-order valence-corrected chi connectivity index (χ0v) is 13.9. The molecule has 1 atom stereocenters. The second kappa shape index (κ2) is 8.43. The van der Waals surface area contributed by atoms with E-state index in [0.29, 0.717) is 26.2 Å². The summed E-state index contributed by atoms with van der Waals surface area (Å²) < 4.78 is 5.52. The number of halogens is 1. The Bertz CT molecular complexity index is 524. The molecular formula is C17H23ClN2O3. The second-order valence-corrected chi connectivity index (χ2v) is 5.89. The second-order valence-electron chi connectivity index (χ2n) is 5.89. The van der Waals surface area contributed by atoms with Gasteiger partial charge in [-0.15, -0.1) is 12.4 Å². The summed E-state index contributed by atoms with van der Waals surface area (Å²) in [6.45, 7) is 3.25. The first-order valence-corrected chi connectivity index (χ1v) is 7.96. The van der Waals surface area contributed by atoms with Crippen molar-refractivity contribution in [3.8, 4) is 0 Å². The largest absolute Gasteiger partial charge is 0.366 e. The van der Waals surface area contributed by atoms with Crippen molar-refractivity contribution in [3.63, 3.8) is 0 Å². The summed E-state index contributed by atoms with van der Waals surface area (Å²) in [6, 6.07) is 9.41. The fourth-order valence-electron chi connectivity index (χ4n) is 3.13. The smallest absolute Gasteiger partial charge is 0.253 e. The van der Waals surface area contributed by atoms with E-state index >= 15 is 0 Å². The zero-order chi connectivity index (χ0) is 15.4. The average Bonchev–Trinajstić information content (AvgIpc) is 2.62. The Morgan fingerprint density at radius 3 is 2.43 bits per heavy atom. The van der Waals surface area contributed by atoms with E-state index in [1.54, 1.807) is 0 Å². The Morgan fingerprint density at radius 1 is 1.13 bits per heavy atom. The highest BCUT2D eigenvalue weighted by molar-refractivity contribution is 5.98. The molecule has 1 amide bonds. The Hall–Kier alpha value is -1.43. The van der Waals surface area contributed by atoms with E-state index in [9.17, 15) is 9.59 Å². The number of benzene rings is 1. The van der Waals surface area contributed by atoms with Gasteiger partial charge in [-0.05, 0) is 12.8 Å². The fourth-order valence-corrected chi connectivity index (χ4v) is 3.13. The molecule has 126 valence electrons. The summed E-state index contributed by atoms with van der Waals surface area (Å²) in [7, 11) is 0. The number of hydrogen-bond acceptors (Lipinski definition) is 4. The number of Topliss-reactive ketones (excluding diaryl/α,β-unsaturated/α-hetero) is 1. The maximum absolute atomic E-state index is 12.4. The van der Waals surface area contributed by atoms with Gasteiger partial charge in [0.15, 0.2) is 5.78 Å². The molecule has 3 rings (SSSR count). The Kier molecular flexibility index (Phi) is 6.57. The van der Waals surface area contributed by atoms with Crippen molar-refractivity contribution >= 4 is 24.1 Å². The number of nitrogens with one attached hydrogen (secondary N) is 1. The van der Waals surface area contributed by atoms with Gasteiger partial charge in [-0.25, -0.2) is 0 Å². The van der Waals surface area contributed by atoms with Crippen LogP contribution in [0, 0.1) is 5.92 Å². The summed E-state index contributed by atoms with van der Waals surface area (Å²) >= 11 is 0. The quantitative estimate of drug-likeness (QED) is 0.849. The van der Waals surface area contributed by atoms with Crippen LogP contribution >= 0.6 is 12.4 Å². The van der Waals surface area contributed by atoms with Gasteiger partial charge in [0.25, 0.3) is 5.91 Å². The molecular weight excluding hydrogens is 316 g/mol. The molecule has 1 aromatic carbocycles. The van der Waals surface area contributed by atoms with Crippen LogP contribution in [0.1, 0.15) is 23.2 Å². The Labute approximate surface area is 142 Å². The van der Waals surface area contributed by atoms with Crippen LogP contribution in [0.3, 0.4) is 0 Å². The van der Waals surface area contributed by atoms with Crippen LogP contribution in [0.2, 0.25) is 0 Å². The Morgan fingerprint density at radius 2 is 1.83 bits per heavy atom. The average molecular weight is 339 g/mol. The molecule has 0 saturated carbocycles. The molecule has 1 unspecified atom stereocenters. The van der Waals surface area contributed by atoms with Gasteiger partial charge in [0.2, 0.25) is 0 Å². The molecule has 2 aliphatic heterocycles. The van der Waals surface area contributed by atoms with Crippen molar-refractivity contribution in [1.29, 1.82) is 0 Å². The third-order valence-corrected chi connectivity index (χ3v) is 4.44. The number of nitrogens with zero attached hydrogens (tertiary/aromatic N) is 1. The minimum absolute atomic E-state index is 0. The zero-order valence-electron chi connectivity index (χ0n) is 13.1. The highest BCUT2D eigenvalue weighted by Crippen LogP contribution is 2.22. The molecule has 2 aliphatic rings. The summed E-state index contributed by atoms with van der Waals surface area (Å²) in [6.07, 6.45) is 1.11. The first-order chi connectivity index (χ1) is 10.8. The number of rotatable bonds is 3. The van der Waals surface area contributed by atoms with Gasteiger partial charge in [0.05, 0.1) is 6.61 Å². The van der Waals surface area contributed by atoms with Gasteiger partial charge in [0, 0.05) is 37.7 Å². The van der Waals surface area contributed by atoms with Crippen LogP contribution in [0.15, 0.2) is 30.3 Å². The van der Waals surface area contributed by atoms with Gasteiger partial charge in [-0.1, -0.05) is 30.3 Å². The molecule has 23 heavy (non-hydrogen) atoms. The Balaban J connectivity index is 0.00000192. The van der Waals surface area contributed by atoms with Gasteiger partial charge in [-0.3, -0.25) is 9.59 Å². The lowest BCUT2D eigenvalue weighted by Gasteiger charge is -2.34. The number of ketones is 1. The standard InChI is InChI=1S/C17H22N2O3.ClH/c20-16(13-4-2-1-3-5-13)14-6-9-19(10-7-14)17(21)15-12-18-8-11-22-15;/h1-5,14-15,18H,6-12H2;1H. The van der Waals surface area contributed by atoms with E-state index in [4.69, 9.17) is 4.74 Å². The van der Waals surface area contributed by atoms with E-state index in [2.05, 4.69) is 5.32 Å². The number of carbonyl (C=O) groups excluding carboxylic acids is 2.